The molecule has 0 radical (unpaired) electrons. The van der Waals surface area contributed by atoms with Gasteiger partial charge in [0.15, 0.2) is 0 Å². The van der Waals surface area contributed by atoms with Gasteiger partial charge >= 0.3 is 0 Å². The molecule has 1 aliphatic rings. The lowest BCUT2D eigenvalue weighted by Crippen LogP contribution is -2.52. The molecule has 1 N–H and O–H groups in total. The van der Waals surface area contributed by atoms with Crippen LogP contribution in [0.5, 0.6) is 0 Å². The Labute approximate surface area is 101 Å². The van der Waals surface area contributed by atoms with Gasteiger partial charge in [0.25, 0.3) is 0 Å². The largest absolute Gasteiger partial charge is 0.379 e. The summed E-state index contributed by atoms with van der Waals surface area (Å²) in [5.41, 5.74) is 0. The van der Waals surface area contributed by atoms with Crippen LogP contribution < -0.4 is 5.32 Å². The molecule has 0 bridgehead atoms. The number of rotatable bonds is 6. The summed E-state index contributed by atoms with van der Waals surface area (Å²) < 4.78 is 5.46. The van der Waals surface area contributed by atoms with Crippen molar-refractivity contribution in [1.29, 1.82) is 0 Å². The fourth-order valence-corrected chi connectivity index (χ4v) is 2.42. The number of morpholine rings is 1. The monoisotopic (exact) mass is 228 g/mol. The molecule has 0 aromatic rings. The van der Waals surface area contributed by atoms with Gasteiger partial charge in [-0.1, -0.05) is 13.3 Å². The summed E-state index contributed by atoms with van der Waals surface area (Å²) in [5.74, 6) is 0. The van der Waals surface area contributed by atoms with Gasteiger partial charge in [-0.15, -0.1) is 0 Å². The van der Waals surface area contributed by atoms with Crippen molar-refractivity contribution in [2.24, 2.45) is 0 Å². The molecule has 0 aromatic carbocycles. The minimum Gasteiger partial charge on any atom is -0.379 e. The van der Waals surface area contributed by atoms with E-state index in [9.17, 15) is 0 Å². The maximum Gasteiger partial charge on any atom is 0.0619 e. The first kappa shape index (κ1) is 13.9. The van der Waals surface area contributed by atoms with E-state index in [2.05, 4.69) is 37.9 Å². The Morgan fingerprint density at radius 1 is 1.44 bits per heavy atom. The van der Waals surface area contributed by atoms with E-state index in [1.807, 2.05) is 0 Å². The third-order valence-electron chi connectivity index (χ3n) is 3.47. The number of nitrogens with zero attached hydrogens (tertiary/aromatic N) is 1. The predicted molar refractivity (Wildman–Crippen MR) is 68.8 cm³/mol. The van der Waals surface area contributed by atoms with Crippen molar-refractivity contribution in [2.45, 2.75) is 58.7 Å². The predicted octanol–water partition coefficient (Wildman–Crippen LogP) is 1.87. The Bertz CT molecular complexity index is 187. The molecule has 3 unspecified atom stereocenters. The van der Waals surface area contributed by atoms with Crippen LogP contribution in [0.15, 0.2) is 0 Å². The molecule has 1 fully saturated rings. The summed E-state index contributed by atoms with van der Waals surface area (Å²) in [6, 6.07) is 1.81. The fourth-order valence-electron chi connectivity index (χ4n) is 2.42. The third-order valence-corrected chi connectivity index (χ3v) is 3.47. The molecule has 0 aromatic heterocycles. The molecule has 96 valence electrons. The van der Waals surface area contributed by atoms with Crippen molar-refractivity contribution in [3.63, 3.8) is 0 Å². The van der Waals surface area contributed by atoms with E-state index in [1.54, 1.807) is 0 Å². The van der Waals surface area contributed by atoms with E-state index in [1.165, 1.54) is 12.8 Å². The number of nitrogens with one attached hydrogen (secondary N) is 1. The Morgan fingerprint density at radius 3 is 2.81 bits per heavy atom. The number of hydrogen-bond donors (Lipinski definition) is 1. The Kier molecular flexibility index (Phi) is 6.32. The van der Waals surface area contributed by atoms with Crippen LogP contribution in [0.4, 0.5) is 0 Å². The van der Waals surface area contributed by atoms with Crippen LogP contribution >= 0.6 is 0 Å². The zero-order valence-corrected chi connectivity index (χ0v) is 11.3. The van der Waals surface area contributed by atoms with Crippen LogP contribution in [0, 0.1) is 0 Å². The van der Waals surface area contributed by atoms with Crippen LogP contribution in [-0.2, 0) is 4.74 Å². The summed E-state index contributed by atoms with van der Waals surface area (Å²) in [6.45, 7) is 13.0. The molecular weight excluding hydrogens is 200 g/mol. The highest BCUT2D eigenvalue weighted by Crippen LogP contribution is 2.10. The minimum absolute atomic E-state index is 0.562. The quantitative estimate of drug-likeness (QED) is 0.751. The lowest BCUT2D eigenvalue weighted by Gasteiger charge is -2.38. The van der Waals surface area contributed by atoms with E-state index in [-0.39, 0.29) is 0 Å². The van der Waals surface area contributed by atoms with Gasteiger partial charge in [-0.3, -0.25) is 4.90 Å². The highest BCUT2D eigenvalue weighted by molar-refractivity contribution is 4.78. The number of hydrogen-bond acceptors (Lipinski definition) is 3. The third kappa shape index (κ3) is 4.40. The van der Waals surface area contributed by atoms with Crippen molar-refractivity contribution in [3.8, 4) is 0 Å². The van der Waals surface area contributed by atoms with Crippen molar-refractivity contribution in [3.05, 3.63) is 0 Å². The van der Waals surface area contributed by atoms with Gasteiger partial charge in [-0.25, -0.2) is 0 Å². The van der Waals surface area contributed by atoms with Crippen molar-refractivity contribution < 1.29 is 4.74 Å². The maximum atomic E-state index is 5.46. The molecule has 1 heterocycles. The molecular formula is C13H28N2O. The first-order valence-corrected chi connectivity index (χ1v) is 6.72. The first-order chi connectivity index (χ1) is 7.65. The van der Waals surface area contributed by atoms with Gasteiger partial charge in [-0.2, -0.15) is 0 Å². The average molecular weight is 228 g/mol. The second kappa shape index (κ2) is 7.25. The molecule has 1 aliphatic heterocycles. The lowest BCUT2D eigenvalue weighted by molar-refractivity contribution is -0.0184. The first-order valence-electron chi connectivity index (χ1n) is 6.72. The second-order valence-corrected chi connectivity index (χ2v) is 5.11. The zero-order valence-electron chi connectivity index (χ0n) is 11.3. The summed E-state index contributed by atoms with van der Waals surface area (Å²) in [7, 11) is 0. The molecule has 3 heteroatoms. The lowest BCUT2D eigenvalue weighted by atomic mass is 10.1. The van der Waals surface area contributed by atoms with Gasteiger partial charge in [0, 0.05) is 31.2 Å². The van der Waals surface area contributed by atoms with E-state index in [0.717, 1.165) is 26.3 Å². The topological polar surface area (TPSA) is 24.5 Å². The van der Waals surface area contributed by atoms with Crippen molar-refractivity contribution in [1.82, 2.24) is 10.2 Å². The smallest absolute Gasteiger partial charge is 0.0619 e. The summed E-state index contributed by atoms with van der Waals surface area (Å²) in [6.07, 6.45) is 2.53. The van der Waals surface area contributed by atoms with E-state index < -0.39 is 0 Å². The SMILES string of the molecule is CCCC(C)NCC(C)N1CCOCC1C. The molecule has 0 saturated carbocycles. The average Bonchev–Trinajstić information content (AvgIpc) is 2.27. The molecule has 1 saturated heterocycles. The van der Waals surface area contributed by atoms with E-state index >= 15 is 0 Å². The van der Waals surface area contributed by atoms with E-state index in [4.69, 9.17) is 4.74 Å². The minimum atomic E-state index is 0.562. The van der Waals surface area contributed by atoms with Gasteiger partial charge in [0.2, 0.25) is 0 Å². The standard InChI is InChI=1S/C13H28N2O/c1-5-6-11(2)14-9-12(3)15-7-8-16-10-13(15)4/h11-14H,5-10H2,1-4H3. The van der Waals surface area contributed by atoms with Crippen LogP contribution in [0.2, 0.25) is 0 Å². The van der Waals surface area contributed by atoms with Gasteiger partial charge < -0.3 is 10.1 Å². The molecule has 0 aliphatic carbocycles. The van der Waals surface area contributed by atoms with Crippen molar-refractivity contribution in [2.75, 3.05) is 26.3 Å². The maximum absolute atomic E-state index is 5.46. The Morgan fingerprint density at radius 2 is 2.19 bits per heavy atom. The van der Waals surface area contributed by atoms with E-state index in [0.29, 0.717) is 18.1 Å². The summed E-state index contributed by atoms with van der Waals surface area (Å²) >= 11 is 0. The molecule has 3 nitrogen and oxygen atoms in total. The van der Waals surface area contributed by atoms with Crippen LogP contribution in [0.1, 0.15) is 40.5 Å². The fraction of sp³-hybridized carbons (Fsp3) is 1.00. The second-order valence-electron chi connectivity index (χ2n) is 5.11. The number of ether oxygens (including phenoxy) is 1. The molecule has 0 spiro atoms. The molecule has 3 atom stereocenters. The van der Waals surface area contributed by atoms with Crippen molar-refractivity contribution >= 4 is 0 Å². The summed E-state index contributed by atoms with van der Waals surface area (Å²) in [4.78, 5) is 2.55. The molecule has 1 rings (SSSR count). The van der Waals surface area contributed by atoms with Gasteiger partial charge in [0.05, 0.1) is 13.2 Å². The summed E-state index contributed by atoms with van der Waals surface area (Å²) in [5, 5.41) is 3.62. The Balaban J connectivity index is 2.25. The molecule has 16 heavy (non-hydrogen) atoms. The van der Waals surface area contributed by atoms with Gasteiger partial charge in [-0.05, 0) is 27.2 Å². The van der Waals surface area contributed by atoms with Crippen LogP contribution in [-0.4, -0.2) is 49.3 Å². The normalized spacial score (nSPS) is 26.6. The zero-order chi connectivity index (χ0) is 12.0. The Hall–Kier alpha value is -0.120. The van der Waals surface area contributed by atoms with Gasteiger partial charge in [0.1, 0.15) is 0 Å². The van der Waals surface area contributed by atoms with Crippen LogP contribution in [0.3, 0.4) is 0 Å². The highest BCUT2D eigenvalue weighted by Gasteiger charge is 2.23. The molecule has 0 amide bonds. The highest BCUT2D eigenvalue weighted by atomic mass is 16.5. The van der Waals surface area contributed by atoms with Crippen LogP contribution in [0.25, 0.3) is 0 Å².